The van der Waals surface area contributed by atoms with Crippen LogP contribution in [0, 0.1) is 0 Å². The number of ether oxygens (including phenoxy) is 1. The van der Waals surface area contributed by atoms with E-state index in [2.05, 4.69) is 44.9 Å². The lowest BCUT2D eigenvalue weighted by atomic mass is 10.1. The average Bonchev–Trinajstić information content (AvgIpc) is 3.16. The van der Waals surface area contributed by atoms with E-state index in [0.717, 1.165) is 15.9 Å². The summed E-state index contributed by atoms with van der Waals surface area (Å²) in [6.45, 7) is 3.48. The molecule has 4 aromatic rings. The molecule has 0 spiro atoms. The summed E-state index contributed by atoms with van der Waals surface area (Å²) in [7, 11) is 0. The zero-order chi connectivity index (χ0) is 19.3. The molecule has 6 nitrogen and oxygen atoms in total. The first-order chi connectivity index (χ1) is 13.8. The minimum absolute atomic E-state index is 0.335. The first-order valence-electron chi connectivity index (χ1n) is 9.12. The van der Waals surface area contributed by atoms with Crippen molar-refractivity contribution in [2.75, 3.05) is 30.3 Å². The van der Waals surface area contributed by atoms with Crippen molar-refractivity contribution < 1.29 is 9.53 Å². The topological polar surface area (TPSA) is 76.1 Å². The molecule has 0 saturated carbocycles. The minimum Gasteiger partial charge on any atom is -0.462 e. The Morgan fingerprint density at radius 1 is 1.07 bits per heavy atom. The summed E-state index contributed by atoms with van der Waals surface area (Å²) in [5.41, 5.74) is 1.60. The van der Waals surface area contributed by atoms with Crippen LogP contribution >= 0.6 is 11.3 Å². The fourth-order valence-corrected chi connectivity index (χ4v) is 4.00. The first-order valence-corrected chi connectivity index (χ1v) is 10.0. The molecule has 2 heterocycles. The van der Waals surface area contributed by atoms with E-state index in [1.807, 2.05) is 18.2 Å². The van der Waals surface area contributed by atoms with Crippen molar-refractivity contribution in [3.63, 3.8) is 0 Å². The molecule has 0 radical (unpaired) electrons. The van der Waals surface area contributed by atoms with Gasteiger partial charge in [0.15, 0.2) is 0 Å². The number of thiophene rings is 1. The number of aromatic nitrogens is 2. The van der Waals surface area contributed by atoms with Crippen LogP contribution in [0.3, 0.4) is 0 Å². The van der Waals surface area contributed by atoms with Crippen molar-refractivity contribution in [2.45, 2.75) is 6.92 Å². The highest BCUT2D eigenvalue weighted by molar-refractivity contribution is 7.17. The Kier molecular flexibility index (Phi) is 5.34. The highest BCUT2D eigenvalue weighted by Crippen LogP contribution is 2.29. The molecule has 2 N–H and O–H groups in total. The Bertz CT molecular complexity index is 1120. The van der Waals surface area contributed by atoms with Crippen LogP contribution in [0.15, 0.2) is 54.2 Å². The van der Waals surface area contributed by atoms with E-state index in [9.17, 15) is 4.79 Å². The predicted molar refractivity (Wildman–Crippen MR) is 114 cm³/mol. The molecule has 0 saturated heterocycles. The third-order valence-corrected chi connectivity index (χ3v) is 5.27. The van der Waals surface area contributed by atoms with Gasteiger partial charge in [-0.2, -0.15) is 0 Å². The third-order valence-electron chi connectivity index (χ3n) is 4.39. The monoisotopic (exact) mass is 392 g/mol. The van der Waals surface area contributed by atoms with Crippen LogP contribution in [0.1, 0.15) is 17.3 Å². The minimum atomic E-state index is -0.347. The summed E-state index contributed by atoms with van der Waals surface area (Å²) >= 11 is 1.41. The fourth-order valence-electron chi connectivity index (χ4n) is 3.13. The van der Waals surface area contributed by atoms with Crippen LogP contribution in [0.2, 0.25) is 0 Å². The lowest BCUT2D eigenvalue weighted by Gasteiger charge is -2.11. The van der Waals surface area contributed by atoms with Crippen molar-refractivity contribution in [3.8, 4) is 0 Å². The third kappa shape index (κ3) is 3.61. The average molecular weight is 392 g/mol. The molecule has 0 atom stereocenters. The molecule has 7 heteroatoms. The second-order valence-electron chi connectivity index (χ2n) is 6.15. The fraction of sp³-hybridized carbons (Fsp3) is 0.190. The molecule has 0 amide bonds. The Hall–Kier alpha value is -3.19. The normalized spacial score (nSPS) is 10.9. The standard InChI is InChI=1S/C21H20N4O2S/c1-2-27-21(26)16-12-28-20-18(16)19(24-13-25-20)23-11-10-22-17-9-5-7-14-6-3-4-8-15(14)17/h3-9,12-13,22H,2,10-11H2,1H3,(H,23,24,25). The Balaban J connectivity index is 1.47. The molecule has 2 aromatic carbocycles. The molecular formula is C21H20N4O2S. The molecule has 2 aromatic heterocycles. The van der Waals surface area contributed by atoms with Crippen molar-refractivity contribution in [3.05, 3.63) is 59.7 Å². The number of nitrogens with one attached hydrogen (secondary N) is 2. The van der Waals surface area contributed by atoms with Crippen LogP contribution < -0.4 is 10.6 Å². The zero-order valence-electron chi connectivity index (χ0n) is 15.4. The maximum absolute atomic E-state index is 12.2. The van der Waals surface area contributed by atoms with Gasteiger partial charge in [0, 0.05) is 29.5 Å². The van der Waals surface area contributed by atoms with E-state index in [-0.39, 0.29) is 5.97 Å². The highest BCUT2D eigenvalue weighted by Gasteiger charge is 2.18. The van der Waals surface area contributed by atoms with Crippen LogP contribution in [0.25, 0.3) is 21.0 Å². The molecule has 28 heavy (non-hydrogen) atoms. The summed E-state index contributed by atoms with van der Waals surface area (Å²) < 4.78 is 5.15. The van der Waals surface area contributed by atoms with E-state index in [0.29, 0.717) is 31.1 Å². The van der Waals surface area contributed by atoms with Gasteiger partial charge in [-0.25, -0.2) is 14.8 Å². The van der Waals surface area contributed by atoms with Gasteiger partial charge in [-0.3, -0.25) is 0 Å². The molecular weight excluding hydrogens is 372 g/mol. The number of carbonyl (C=O) groups is 1. The van der Waals surface area contributed by atoms with Crippen molar-refractivity contribution >= 4 is 49.8 Å². The Labute approximate surface area is 166 Å². The molecule has 0 bridgehead atoms. The number of rotatable bonds is 7. The van der Waals surface area contributed by atoms with E-state index >= 15 is 0 Å². The van der Waals surface area contributed by atoms with Crippen molar-refractivity contribution in [2.24, 2.45) is 0 Å². The Morgan fingerprint density at radius 2 is 1.89 bits per heavy atom. The van der Waals surface area contributed by atoms with Gasteiger partial charge in [0.05, 0.1) is 17.6 Å². The molecule has 0 aliphatic carbocycles. The van der Waals surface area contributed by atoms with Gasteiger partial charge in [0.1, 0.15) is 17.0 Å². The van der Waals surface area contributed by atoms with Crippen LogP contribution in [0.4, 0.5) is 11.5 Å². The van der Waals surface area contributed by atoms with Gasteiger partial charge in [0.25, 0.3) is 0 Å². The van der Waals surface area contributed by atoms with Gasteiger partial charge >= 0.3 is 5.97 Å². The summed E-state index contributed by atoms with van der Waals surface area (Å²) in [4.78, 5) is 21.6. The molecule has 142 valence electrons. The second kappa shape index (κ2) is 8.22. The molecule has 0 aliphatic rings. The van der Waals surface area contributed by atoms with E-state index in [4.69, 9.17) is 4.74 Å². The quantitative estimate of drug-likeness (QED) is 0.355. The Morgan fingerprint density at radius 3 is 2.79 bits per heavy atom. The number of carbonyl (C=O) groups excluding carboxylic acids is 1. The number of anilines is 2. The van der Waals surface area contributed by atoms with Gasteiger partial charge in [-0.15, -0.1) is 11.3 Å². The van der Waals surface area contributed by atoms with E-state index in [1.54, 1.807) is 12.3 Å². The summed E-state index contributed by atoms with van der Waals surface area (Å²) in [6.07, 6.45) is 1.51. The number of hydrogen-bond donors (Lipinski definition) is 2. The lowest BCUT2D eigenvalue weighted by molar-refractivity contribution is 0.0529. The molecule has 4 rings (SSSR count). The number of hydrogen-bond acceptors (Lipinski definition) is 7. The number of nitrogens with zero attached hydrogens (tertiary/aromatic N) is 2. The maximum atomic E-state index is 12.2. The number of esters is 1. The molecule has 0 unspecified atom stereocenters. The van der Waals surface area contributed by atoms with Crippen LogP contribution in [0.5, 0.6) is 0 Å². The lowest BCUT2D eigenvalue weighted by Crippen LogP contribution is -2.15. The van der Waals surface area contributed by atoms with Gasteiger partial charge in [0.2, 0.25) is 0 Å². The SMILES string of the molecule is CCOC(=O)c1csc2ncnc(NCCNc3cccc4ccccc34)c12. The number of benzene rings is 2. The van der Waals surface area contributed by atoms with E-state index < -0.39 is 0 Å². The van der Waals surface area contributed by atoms with Gasteiger partial charge < -0.3 is 15.4 Å². The van der Waals surface area contributed by atoms with E-state index in [1.165, 1.54) is 28.4 Å². The van der Waals surface area contributed by atoms with Crippen LogP contribution in [-0.4, -0.2) is 35.6 Å². The smallest absolute Gasteiger partial charge is 0.339 e. The summed E-state index contributed by atoms with van der Waals surface area (Å²) in [5, 5.41) is 11.7. The van der Waals surface area contributed by atoms with Crippen LogP contribution in [-0.2, 0) is 4.74 Å². The maximum Gasteiger partial charge on any atom is 0.339 e. The van der Waals surface area contributed by atoms with Crippen molar-refractivity contribution in [1.82, 2.24) is 9.97 Å². The van der Waals surface area contributed by atoms with Crippen molar-refractivity contribution in [1.29, 1.82) is 0 Å². The summed E-state index contributed by atoms with van der Waals surface area (Å²) in [5.74, 6) is 0.300. The second-order valence-corrected chi connectivity index (χ2v) is 7.01. The predicted octanol–water partition coefficient (Wildman–Crippen LogP) is 4.55. The highest BCUT2D eigenvalue weighted by atomic mass is 32.1. The summed E-state index contributed by atoms with van der Waals surface area (Å²) in [6, 6.07) is 14.5. The number of fused-ring (bicyclic) bond motifs is 2. The molecule has 0 aliphatic heterocycles. The molecule has 0 fully saturated rings. The van der Waals surface area contributed by atoms with Gasteiger partial charge in [-0.1, -0.05) is 36.4 Å². The largest absolute Gasteiger partial charge is 0.462 e. The van der Waals surface area contributed by atoms with Gasteiger partial charge in [-0.05, 0) is 18.4 Å². The zero-order valence-corrected chi connectivity index (χ0v) is 16.3. The first kappa shape index (κ1) is 18.2.